The van der Waals surface area contributed by atoms with Crippen LogP contribution in [0.15, 0.2) is 36.4 Å². The van der Waals surface area contributed by atoms with Crippen molar-refractivity contribution in [3.05, 3.63) is 47.5 Å². The van der Waals surface area contributed by atoms with Crippen molar-refractivity contribution in [2.45, 2.75) is 27.7 Å². The standard InChI is InChI=1S/C13H20N2O.C9H13NO/c1-3-16-12-4-5-13(11(2)10-12)15-8-6-14-7-9-15;1-3-11-8-4-5-9(10)7(2)6-8/h4-5,10,14H,3,6-9H2,1-2H3;4-6H,3,10H2,1-2H3. The smallest absolute Gasteiger partial charge is 0.119 e. The molecular weight excluding hydrogens is 338 g/mol. The average molecular weight is 372 g/mol. The third kappa shape index (κ3) is 6.36. The number of aryl methyl sites for hydroxylation is 2. The van der Waals surface area contributed by atoms with Gasteiger partial charge in [0.2, 0.25) is 0 Å². The van der Waals surface area contributed by atoms with Gasteiger partial charge >= 0.3 is 0 Å². The molecule has 5 nitrogen and oxygen atoms in total. The Morgan fingerprint density at radius 1 is 0.889 bits per heavy atom. The fraction of sp³-hybridized carbons (Fsp3) is 0.455. The Bertz CT molecular complexity index is 713. The van der Waals surface area contributed by atoms with Crippen molar-refractivity contribution in [3.8, 4) is 11.5 Å². The van der Waals surface area contributed by atoms with Gasteiger partial charge in [0.25, 0.3) is 0 Å². The van der Waals surface area contributed by atoms with E-state index in [1.165, 1.54) is 11.3 Å². The van der Waals surface area contributed by atoms with Gasteiger partial charge in [0.15, 0.2) is 0 Å². The number of nitrogens with zero attached hydrogens (tertiary/aromatic N) is 1. The number of nitrogen functional groups attached to an aromatic ring is 1. The number of rotatable bonds is 5. The fourth-order valence-corrected chi connectivity index (χ4v) is 3.05. The summed E-state index contributed by atoms with van der Waals surface area (Å²) in [6.45, 7) is 13.9. The van der Waals surface area contributed by atoms with Crippen LogP contribution in [0.25, 0.3) is 0 Å². The van der Waals surface area contributed by atoms with Gasteiger partial charge in [0, 0.05) is 37.6 Å². The molecule has 2 aromatic carbocycles. The highest BCUT2D eigenvalue weighted by atomic mass is 16.5. The van der Waals surface area contributed by atoms with E-state index in [9.17, 15) is 0 Å². The molecule has 5 heteroatoms. The maximum atomic E-state index is 5.63. The normalized spacial score (nSPS) is 13.6. The summed E-state index contributed by atoms with van der Waals surface area (Å²) in [6, 6.07) is 12.0. The molecule has 148 valence electrons. The molecule has 1 aliphatic rings. The molecule has 0 spiro atoms. The molecule has 0 bridgehead atoms. The van der Waals surface area contributed by atoms with Crippen molar-refractivity contribution >= 4 is 11.4 Å². The van der Waals surface area contributed by atoms with E-state index in [1.54, 1.807) is 0 Å². The van der Waals surface area contributed by atoms with Crippen LogP contribution in [-0.2, 0) is 0 Å². The predicted molar refractivity (Wildman–Crippen MR) is 114 cm³/mol. The topological polar surface area (TPSA) is 59.8 Å². The van der Waals surface area contributed by atoms with Gasteiger partial charge in [-0.15, -0.1) is 0 Å². The van der Waals surface area contributed by atoms with Crippen molar-refractivity contribution in [3.63, 3.8) is 0 Å². The van der Waals surface area contributed by atoms with Gasteiger partial charge in [-0.1, -0.05) is 0 Å². The van der Waals surface area contributed by atoms with Gasteiger partial charge < -0.3 is 25.4 Å². The highest BCUT2D eigenvalue weighted by molar-refractivity contribution is 5.56. The van der Waals surface area contributed by atoms with Crippen LogP contribution < -0.4 is 25.4 Å². The average Bonchev–Trinajstić information content (AvgIpc) is 2.67. The number of nitrogens with two attached hydrogens (primary N) is 1. The zero-order valence-corrected chi connectivity index (χ0v) is 17.0. The number of hydrogen-bond donors (Lipinski definition) is 2. The van der Waals surface area contributed by atoms with Crippen molar-refractivity contribution in [1.82, 2.24) is 5.32 Å². The first-order valence-electron chi connectivity index (χ1n) is 9.73. The summed E-state index contributed by atoms with van der Waals surface area (Å²) < 4.78 is 10.8. The monoisotopic (exact) mass is 371 g/mol. The second kappa shape index (κ2) is 10.7. The van der Waals surface area contributed by atoms with Gasteiger partial charge in [-0.3, -0.25) is 0 Å². The number of nitrogens with one attached hydrogen (secondary N) is 1. The molecule has 0 saturated carbocycles. The Morgan fingerprint density at radius 3 is 1.96 bits per heavy atom. The largest absolute Gasteiger partial charge is 0.494 e. The summed E-state index contributed by atoms with van der Waals surface area (Å²) in [7, 11) is 0. The minimum Gasteiger partial charge on any atom is -0.494 e. The summed E-state index contributed by atoms with van der Waals surface area (Å²) in [4.78, 5) is 2.43. The van der Waals surface area contributed by atoms with Gasteiger partial charge in [-0.25, -0.2) is 0 Å². The zero-order valence-electron chi connectivity index (χ0n) is 17.0. The minimum absolute atomic E-state index is 0.698. The van der Waals surface area contributed by atoms with E-state index in [4.69, 9.17) is 15.2 Å². The van der Waals surface area contributed by atoms with Gasteiger partial charge in [0.1, 0.15) is 11.5 Å². The lowest BCUT2D eigenvalue weighted by atomic mass is 10.1. The lowest BCUT2D eigenvalue weighted by Gasteiger charge is -2.30. The molecule has 0 atom stereocenters. The highest BCUT2D eigenvalue weighted by Crippen LogP contribution is 2.25. The van der Waals surface area contributed by atoms with Gasteiger partial charge in [-0.05, 0) is 75.2 Å². The molecule has 3 rings (SSSR count). The fourth-order valence-electron chi connectivity index (χ4n) is 3.05. The first-order chi connectivity index (χ1) is 13.0. The lowest BCUT2D eigenvalue weighted by Crippen LogP contribution is -2.43. The van der Waals surface area contributed by atoms with Gasteiger partial charge in [0.05, 0.1) is 13.2 Å². The maximum Gasteiger partial charge on any atom is 0.119 e. The minimum atomic E-state index is 0.698. The van der Waals surface area contributed by atoms with Crippen molar-refractivity contribution in [2.75, 3.05) is 50.0 Å². The predicted octanol–water partition coefficient (Wildman–Crippen LogP) is 3.78. The first kappa shape index (κ1) is 20.9. The van der Waals surface area contributed by atoms with E-state index < -0.39 is 0 Å². The lowest BCUT2D eigenvalue weighted by molar-refractivity contribution is 0.340. The van der Waals surface area contributed by atoms with E-state index in [1.807, 2.05) is 39.0 Å². The molecule has 0 radical (unpaired) electrons. The van der Waals surface area contributed by atoms with Crippen LogP contribution in [0.1, 0.15) is 25.0 Å². The van der Waals surface area contributed by atoms with E-state index in [0.29, 0.717) is 6.61 Å². The van der Waals surface area contributed by atoms with E-state index in [-0.39, 0.29) is 0 Å². The Hall–Kier alpha value is -2.40. The molecule has 3 N–H and O–H groups in total. The summed E-state index contributed by atoms with van der Waals surface area (Å²) >= 11 is 0. The Kier molecular flexibility index (Phi) is 8.27. The Labute approximate surface area is 163 Å². The van der Waals surface area contributed by atoms with Crippen molar-refractivity contribution in [1.29, 1.82) is 0 Å². The molecule has 1 heterocycles. The molecule has 27 heavy (non-hydrogen) atoms. The molecule has 1 fully saturated rings. The molecule has 0 aromatic heterocycles. The van der Waals surface area contributed by atoms with E-state index >= 15 is 0 Å². The van der Waals surface area contributed by atoms with Crippen LogP contribution in [0.4, 0.5) is 11.4 Å². The summed E-state index contributed by atoms with van der Waals surface area (Å²) in [6.07, 6.45) is 0. The summed E-state index contributed by atoms with van der Waals surface area (Å²) in [5.74, 6) is 1.86. The summed E-state index contributed by atoms with van der Waals surface area (Å²) in [5.41, 5.74) is 10.1. The number of anilines is 2. The molecule has 0 unspecified atom stereocenters. The molecule has 2 aromatic rings. The Balaban J connectivity index is 0.000000208. The van der Waals surface area contributed by atoms with E-state index in [2.05, 4.69) is 35.3 Å². The van der Waals surface area contributed by atoms with Crippen molar-refractivity contribution < 1.29 is 9.47 Å². The van der Waals surface area contributed by atoms with Gasteiger partial charge in [-0.2, -0.15) is 0 Å². The quantitative estimate of drug-likeness (QED) is 0.784. The summed E-state index contributed by atoms with van der Waals surface area (Å²) in [5, 5.41) is 3.37. The van der Waals surface area contributed by atoms with Crippen LogP contribution >= 0.6 is 0 Å². The highest BCUT2D eigenvalue weighted by Gasteiger charge is 2.12. The number of hydrogen-bond acceptors (Lipinski definition) is 5. The maximum absolute atomic E-state index is 5.63. The number of benzene rings is 2. The molecular formula is C22H33N3O2. The van der Waals surface area contributed by atoms with Crippen LogP contribution in [-0.4, -0.2) is 39.4 Å². The third-order valence-corrected chi connectivity index (χ3v) is 4.49. The molecule has 1 saturated heterocycles. The number of piperazine rings is 1. The van der Waals surface area contributed by atoms with E-state index in [0.717, 1.165) is 55.5 Å². The van der Waals surface area contributed by atoms with Crippen molar-refractivity contribution in [2.24, 2.45) is 0 Å². The third-order valence-electron chi connectivity index (χ3n) is 4.49. The second-order valence-electron chi connectivity index (χ2n) is 6.57. The van der Waals surface area contributed by atoms with Crippen LogP contribution in [0.3, 0.4) is 0 Å². The first-order valence-corrected chi connectivity index (χ1v) is 9.73. The molecule has 0 amide bonds. The van der Waals surface area contributed by atoms with Crippen LogP contribution in [0, 0.1) is 13.8 Å². The SMILES string of the molecule is CCOc1ccc(N)c(C)c1.CCOc1ccc(N2CCNCC2)c(C)c1. The van der Waals surface area contributed by atoms with Crippen LogP contribution in [0.5, 0.6) is 11.5 Å². The zero-order chi connectivity index (χ0) is 19.6. The Morgan fingerprint density at radius 2 is 1.44 bits per heavy atom. The molecule has 0 aliphatic carbocycles. The molecule has 1 aliphatic heterocycles. The number of ether oxygens (including phenoxy) is 2. The van der Waals surface area contributed by atoms with Crippen LogP contribution in [0.2, 0.25) is 0 Å². The second-order valence-corrected chi connectivity index (χ2v) is 6.57.